The summed E-state index contributed by atoms with van der Waals surface area (Å²) in [6.07, 6.45) is 0. The van der Waals surface area contributed by atoms with E-state index in [1.54, 1.807) is 37.4 Å². The Morgan fingerprint density at radius 2 is 1.65 bits per heavy atom. The van der Waals surface area contributed by atoms with Gasteiger partial charge in [-0.05, 0) is 36.4 Å². The molecule has 0 unspecified atom stereocenters. The van der Waals surface area contributed by atoms with E-state index in [9.17, 15) is 13.2 Å². The van der Waals surface area contributed by atoms with Crippen molar-refractivity contribution in [1.82, 2.24) is 14.9 Å². The van der Waals surface area contributed by atoms with E-state index in [1.165, 1.54) is 26.4 Å². The van der Waals surface area contributed by atoms with Gasteiger partial charge in [-0.15, -0.1) is 10.2 Å². The lowest BCUT2D eigenvalue weighted by atomic mass is 10.3. The Kier molecular flexibility index (Phi) is 7.05. The van der Waals surface area contributed by atoms with Crippen molar-refractivity contribution < 1.29 is 27.4 Å². The number of carbonyl (C=O) groups is 1. The number of anilines is 1. The summed E-state index contributed by atoms with van der Waals surface area (Å²) in [5.74, 6) is 0.752. The number of sulfonamides is 1. The molecule has 0 saturated carbocycles. The lowest BCUT2D eigenvalue weighted by Crippen LogP contribution is -2.23. The Balaban J connectivity index is 1.67. The van der Waals surface area contributed by atoms with Crippen molar-refractivity contribution in [2.75, 3.05) is 26.6 Å². The van der Waals surface area contributed by atoms with E-state index < -0.39 is 15.9 Å². The normalized spacial score (nSPS) is 11.1. The molecule has 3 rings (SSSR count). The zero-order valence-corrected chi connectivity index (χ0v) is 18.5. The predicted octanol–water partition coefficient (Wildman–Crippen LogP) is 2.29. The average Bonchev–Trinajstić information content (AvgIpc) is 3.27. The fraction of sp³-hybridized carbons (Fsp3) is 0.211. The van der Waals surface area contributed by atoms with Gasteiger partial charge in [-0.25, -0.2) is 13.1 Å². The van der Waals surface area contributed by atoms with Crippen LogP contribution in [-0.2, 0) is 16.6 Å². The van der Waals surface area contributed by atoms with E-state index >= 15 is 0 Å². The molecule has 31 heavy (non-hydrogen) atoms. The van der Waals surface area contributed by atoms with Gasteiger partial charge >= 0.3 is 0 Å². The smallest absolute Gasteiger partial charge is 0.286 e. The first-order valence-electron chi connectivity index (χ1n) is 8.85. The summed E-state index contributed by atoms with van der Waals surface area (Å²) < 4.78 is 43.1. The van der Waals surface area contributed by atoms with Gasteiger partial charge in [-0.2, -0.15) is 0 Å². The number of aromatic nitrogens is 2. The Morgan fingerprint density at radius 1 is 0.968 bits per heavy atom. The Labute approximate surface area is 183 Å². The van der Waals surface area contributed by atoms with Gasteiger partial charge in [0.1, 0.15) is 27.2 Å². The minimum atomic E-state index is -3.93. The number of hydrogen-bond donors (Lipinski definition) is 2. The topological polar surface area (TPSA) is 129 Å². The van der Waals surface area contributed by atoms with Crippen LogP contribution in [-0.4, -0.2) is 45.9 Å². The maximum atomic E-state index is 12.7. The second kappa shape index (κ2) is 9.73. The molecule has 0 spiro atoms. The number of amides is 1. The molecular formula is C19H20N4O6S2. The van der Waals surface area contributed by atoms with Crippen LogP contribution >= 0.6 is 11.3 Å². The van der Waals surface area contributed by atoms with E-state index in [0.29, 0.717) is 22.2 Å². The number of hydrogen-bond acceptors (Lipinski definition) is 9. The zero-order chi connectivity index (χ0) is 22.4. The van der Waals surface area contributed by atoms with Crippen LogP contribution in [0.3, 0.4) is 0 Å². The highest BCUT2D eigenvalue weighted by Crippen LogP contribution is 2.28. The van der Waals surface area contributed by atoms with Crippen LogP contribution in [0, 0.1) is 0 Å². The fourth-order valence-electron chi connectivity index (χ4n) is 2.50. The molecule has 2 N–H and O–H groups in total. The molecular weight excluding hydrogens is 444 g/mol. The van der Waals surface area contributed by atoms with E-state index in [4.69, 9.17) is 14.2 Å². The minimum absolute atomic E-state index is 0.0728. The van der Waals surface area contributed by atoms with Gasteiger partial charge in [-0.3, -0.25) is 4.79 Å². The van der Waals surface area contributed by atoms with Crippen LogP contribution in [0.1, 0.15) is 14.8 Å². The monoisotopic (exact) mass is 464 g/mol. The second-order valence-corrected chi connectivity index (χ2v) is 8.82. The number of nitrogens with zero attached hydrogens (tertiary/aromatic N) is 2. The molecule has 164 valence electrons. The summed E-state index contributed by atoms with van der Waals surface area (Å²) >= 11 is 0.980. The lowest BCUT2D eigenvalue weighted by Gasteiger charge is -2.11. The zero-order valence-electron chi connectivity index (χ0n) is 16.9. The van der Waals surface area contributed by atoms with Gasteiger partial charge in [0.2, 0.25) is 15.0 Å². The van der Waals surface area contributed by atoms with Crippen molar-refractivity contribution in [2.45, 2.75) is 11.4 Å². The number of rotatable bonds is 9. The number of methoxy groups -OCH3 is 3. The molecule has 1 amide bonds. The third kappa shape index (κ3) is 5.48. The van der Waals surface area contributed by atoms with Crippen LogP contribution in [0.25, 0.3) is 0 Å². The van der Waals surface area contributed by atoms with Crippen molar-refractivity contribution in [3.63, 3.8) is 0 Å². The number of ether oxygens (including phenoxy) is 3. The molecule has 12 heteroatoms. The molecule has 0 aliphatic carbocycles. The predicted molar refractivity (Wildman–Crippen MR) is 114 cm³/mol. The molecule has 0 bridgehead atoms. The maximum absolute atomic E-state index is 12.7. The highest BCUT2D eigenvalue weighted by Gasteiger charge is 2.22. The fourth-order valence-corrected chi connectivity index (χ4v) is 4.44. The van der Waals surface area contributed by atoms with Crippen molar-refractivity contribution in [3.8, 4) is 17.2 Å². The minimum Gasteiger partial charge on any atom is -0.497 e. The summed E-state index contributed by atoms with van der Waals surface area (Å²) in [7, 11) is 0.432. The van der Waals surface area contributed by atoms with Gasteiger partial charge in [0.05, 0.1) is 27.9 Å². The molecule has 0 aliphatic rings. The summed E-state index contributed by atoms with van der Waals surface area (Å²) in [5.41, 5.74) is 0.563. The molecule has 0 saturated heterocycles. The summed E-state index contributed by atoms with van der Waals surface area (Å²) in [6, 6.07) is 11.2. The third-order valence-electron chi connectivity index (χ3n) is 4.08. The quantitative estimate of drug-likeness (QED) is 0.494. The highest BCUT2D eigenvalue weighted by molar-refractivity contribution is 7.89. The van der Waals surface area contributed by atoms with E-state index in [-0.39, 0.29) is 22.2 Å². The molecule has 2 aromatic carbocycles. The van der Waals surface area contributed by atoms with Crippen molar-refractivity contribution in [2.24, 2.45) is 0 Å². The maximum Gasteiger partial charge on any atom is 0.286 e. The molecule has 1 heterocycles. The molecule has 0 atom stereocenters. The molecule has 0 fully saturated rings. The molecule has 0 aliphatic heterocycles. The van der Waals surface area contributed by atoms with E-state index in [0.717, 1.165) is 11.3 Å². The molecule has 1 aromatic heterocycles. The van der Waals surface area contributed by atoms with E-state index in [2.05, 4.69) is 20.2 Å². The second-order valence-electron chi connectivity index (χ2n) is 6.02. The molecule has 0 radical (unpaired) electrons. The van der Waals surface area contributed by atoms with Crippen molar-refractivity contribution >= 4 is 33.0 Å². The van der Waals surface area contributed by atoms with Crippen molar-refractivity contribution in [3.05, 3.63) is 52.5 Å². The van der Waals surface area contributed by atoms with Gasteiger partial charge in [0.15, 0.2) is 0 Å². The van der Waals surface area contributed by atoms with Crippen molar-refractivity contribution in [1.29, 1.82) is 0 Å². The van der Waals surface area contributed by atoms with Crippen LogP contribution in [0.15, 0.2) is 47.4 Å². The van der Waals surface area contributed by atoms with Crippen LogP contribution < -0.4 is 24.2 Å². The Morgan fingerprint density at radius 3 is 2.29 bits per heavy atom. The van der Waals surface area contributed by atoms with Gasteiger partial charge in [0, 0.05) is 11.8 Å². The summed E-state index contributed by atoms with van der Waals surface area (Å²) in [4.78, 5) is 12.3. The van der Waals surface area contributed by atoms with Crippen LogP contribution in [0.5, 0.6) is 17.2 Å². The number of carbonyl (C=O) groups excluding carboxylic acids is 1. The standard InChI is InChI=1S/C19H20N4O6S2/c1-27-13-6-4-12(5-7-13)21-18(24)19-23-22-17(30-19)11-20-31(25,26)16-10-14(28-2)8-9-15(16)29-3/h4-10,20H,11H2,1-3H3,(H,21,24). The first-order valence-corrected chi connectivity index (χ1v) is 11.2. The van der Waals surface area contributed by atoms with E-state index in [1.807, 2.05) is 0 Å². The Hall–Kier alpha value is -3.22. The number of nitrogens with one attached hydrogen (secondary N) is 2. The molecule has 10 nitrogen and oxygen atoms in total. The first-order chi connectivity index (χ1) is 14.9. The summed E-state index contributed by atoms with van der Waals surface area (Å²) in [5, 5.41) is 10.8. The van der Waals surface area contributed by atoms with Gasteiger partial charge in [0.25, 0.3) is 5.91 Å². The van der Waals surface area contributed by atoms with Gasteiger partial charge < -0.3 is 19.5 Å². The Bertz CT molecular complexity index is 1160. The SMILES string of the molecule is COc1ccc(NC(=O)c2nnc(CNS(=O)(=O)c3cc(OC)ccc3OC)s2)cc1. The van der Waals surface area contributed by atoms with Crippen LogP contribution in [0.4, 0.5) is 5.69 Å². The number of benzene rings is 2. The lowest BCUT2D eigenvalue weighted by molar-refractivity contribution is 0.102. The largest absolute Gasteiger partial charge is 0.497 e. The first kappa shape index (κ1) is 22.5. The van der Waals surface area contributed by atoms with Gasteiger partial charge in [-0.1, -0.05) is 11.3 Å². The molecule has 3 aromatic rings. The van der Waals surface area contributed by atoms with Crippen LogP contribution in [0.2, 0.25) is 0 Å². The average molecular weight is 465 g/mol. The highest BCUT2D eigenvalue weighted by atomic mass is 32.2. The third-order valence-corrected chi connectivity index (χ3v) is 6.43. The summed E-state index contributed by atoms with van der Waals surface area (Å²) in [6.45, 7) is -0.143.